The Hall–Kier alpha value is -2.21. The summed E-state index contributed by atoms with van der Waals surface area (Å²) in [7, 11) is 0. The van der Waals surface area contributed by atoms with E-state index >= 15 is 0 Å². The van der Waals surface area contributed by atoms with Gasteiger partial charge in [-0.1, -0.05) is 0 Å². The van der Waals surface area contributed by atoms with Gasteiger partial charge in [0.1, 0.15) is 0 Å². The monoisotopic (exact) mass is 355 g/mol. The Kier molecular flexibility index (Phi) is 4.29. The molecule has 4 rings (SSSR count). The second kappa shape index (κ2) is 6.59. The first kappa shape index (κ1) is 16.3. The smallest absolute Gasteiger partial charge is 0.254 e. The highest BCUT2D eigenvalue weighted by Crippen LogP contribution is 2.41. The lowest BCUT2D eigenvalue weighted by molar-refractivity contribution is -0.138. The predicted molar refractivity (Wildman–Crippen MR) is 96.2 cm³/mol. The number of hydrogen-bond acceptors (Lipinski definition) is 4. The van der Waals surface area contributed by atoms with Crippen LogP contribution in [0.15, 0.2) is 41.4 Å². The van der Waals surface area contributed by atoms with Gasteiger partial charge in [0.2, 0.25) is 5.91 Å². The van der Waals surface area contributed by atoms with Crippen LogP contribution in [0.1, 0.15) is 35.2 Å². The molecule has 0 unspecified atom stereocenters. The fourth-order valence-corrected chi connectivity index (χ4v) is 4.63. The van der Waals surface area contributed by atoms with Gasteiger partial charge in [-0.25, -0.2) is 0 Å². The molecule has 0 radical (unpaired) electrons. The number of thiophene rings is 1. The second-order valence-electron chi connectivity index (χ2n) is 6.95. The van der Waals surface area contributed by atoms with E-state index < -0.39 is 5.41 Å². The molecule has 0 aliphatic carbocycles. The lowest BCUT2D eigenvalue weighted by atomic mass is 9.78. The molecule has 2 aromatic heterocycles. The molecule has 0 bridgehead atoms. The van der Waals surface area contributed by atoms with Crippen LogP contribution in [-0.2, 0) is 11.3 Å². The Balaban J connectivity index is 1.48. The van der Waals surface area contributed by atoms with Crippen molar-refractivity contribution in [3.05, 3.63) is 52.5 Å². The fourth-order valence-electron chi connectivity index (χ4n) is 4.00. The van der Waals surface area contributed by atoms with E-state index in [0.717, 1.165) is 43.5 Å². The SMILES string of the molecule is O=C(c1ccsc1)N1CCC[C@]2(CCN(Cc3ccncc3)C2=O)C1. The van der Waals surface area contributed by atoms with Gasteiger partial charge in [0.25, 0.3) is 5.91 Å². The molecule has 0 aromatic carbocycles. The van der Waals surface area contributed by atoms with E-state index in [1.54, 1.807) is 12.4 Å². The molecule has 1 spiro atoms. The minimum Gasteiger partial charge on any atom is -0.338 e. The van der Waals surface area contributed by atoms with Crippen LogP contribution >= 0.6 is 11.3 Å². The summed E-state index contributed by atoms with van der Waals surface area (Å²) in [4.78, 5) is 33.6. The Morgan fingerprint density at radius 1 is 1.20 bits per heavy atom. The summed E-state index contributed by atoms with van der Waals surface area (Å²) >= 11 is 1.53. The van der Waals surface area contributed by atoms with E-state index in [2.05, 4.69) is 4.98 Å². The first-order chi connectivity index (χ1) is 12.2. The maximum Gasteiger partial charge on any atom is 0.254 e. The van der Waals surface area contributed by atoms with Crippen LogP contribution in [0.25, 0.3) is 0 Å². The van der Waals surface area contributed by atoms with Gasteiger partial charge in [-0.05, 0) is 48.4 Å². The van der Waals surface area contributed by atoms with Gasteiger partial charge in [0, 0.05) is 44.0 Å². The van der Waals surface area contributed by atoms with Crippen molar-refractivity contribution in [3.63, 3.8) is 0 Å². The van der Waals surface area contributed by atoms with Gasteiger partial charge >= 0.3 is 0 Å². The van der Waals surface area contributed by atoms with Crippen molar-refractivity contribution >= 4 is 23.2 Å². The molecule has 2 fully saturated rings. The van der Waals surface area contributed by atoms with Crippen molar-refractivity contribution in [1.82, 2.24) is 14.8 Å². The summed E-state index contributed by atoms with van der Waals surface area (Å²) in [5.74, 6) is 0.257. The van der Waals surface area contributed by atoms with Crippen molar-refractivity contribution in [2.24, 2.45) is 5.41 Å². The van der Waals surface area contributed by atoms with E-state index in [4.69, 9.17) is 0 Å². The van der Waals surface area contributed by atoms with Crippen molar-refractivity contribution in [2.45, 2.75) is 25.8 Å². The van der Waals surface area contributed by atoms with E-state index in [0.29, 0.717) is 13.1 Å². The van der Waals surface area contributed by atoms with E-state index in [1.165, 1.54) is 11.3 Å². The topological polar surface area (TPSA) is 53.5 Å². The summed E-state index contributed by atoms with van der Waals surface area (Å²) in [6.45, 7) is 2.69. The van der Waals surface area contributed by atoms with Crippen LogP contribution in [0.5, 0.6) is 0 Å². The molecule has 2 aliphatic heterocycles. The molecule has 2 amide bonds. The Labute approximate surface area is 151 Å². The van der Waals surface area contributed by atoms with Crippen LogP contribution in [0.3, 0.4) is 0 Å². The Bertz CT molecular complexity index is 762. The standard InChI is InChI=1S/C19H21N3O2S/c23-17(16-4-11-25-13-16)22-9-1-5-19(14-22)6-10-21(18(19)24)12-15-2-7-20-8-3-15/h2-4,7-8,11,13H,1,5-6,9-10,12,14H2/t19-/m0/s1. The van der Waals surface area contributed by atoms with Crippen LogP contribution < -0.4 is 0 Å². The molecule has 4 heterocycles. The van der Waals surface area contributed by atoms with E-state index in [-0.39, 0.29) is 11.8 Å². The Morgan fingerprint density at radius 2 is 2.04 bits per heavy atom. The molecule has 0 N–H and O–H groups in total. The quantitative estimate of drug-likeness (QED) is 0.851. The van der Waals surface area contributed by atoms with Gasteiger partial charge in [0.05, 0.1) is 11.0 Å². The minimum atomic E-state index is -0.392. The number of rotatable bonds is 3. The first-order valence-electron chi connectivity index (χ1n) is 8.68. The van der Waals surface area contributed by atoms with E-state index in [1.807, 2.05) is 38.8 Å². The molecule has 130 valence electrons. The highest BCUT2D eigenvalue weighted by molar-refractivity contribution is 7.08. The number of carbonyl (C=O) groups excluding carboxylic acids is 2. The number of carbonyl (C=O) groups is 2. The Morgan fingerprint density at radius 3 is 2.80 bits per heavy atom. The molecular weight excluding hydrogens is 334 g/mol. The summed E-state index contributed by atoms with van der Waals surface area (Å²) in [5.41, 5.74) is 1.44. The molecule has 2 aliphatic rings. The van der Waals surface area contributed by atoms with Crippen LogP contribution in [0, 0.1) is 5.41 Å². The van der Waals surface area contributed by atoms with E-state index in [9.17, 15) is 9.59 Å². The summed E-state index contributed by atoms with van der Waals surface area (Å²) < 4.78 is 0. The van der Waals surface area contributed by atoms with Crippen LogP contribution in [0.4, 0.5) is 0 Å². The van der Waals surface area contributed by atoms with Crippen LogP contribution in [0.2, 0.25) is 0 Å². The molecular formula is C19H21N3O2S. The molecule has 2 saturated heterocycles. The maximum absolute atomic E-state index is 13.1. The van der Waals surface area contributed by atoms with Crippen molar-refractivity contribution in [3.8, 4) is 0 Å². The molecule has 2 aromatic rings. The van der Waals surface area contributed by atoms with Crippen molar-refractivity contribution in [1.29, 1.82) is 0 Å². The van der Waals surface area contributed by atoms with Gasteiger partial charge in [0.15, 0.2) is 0 Å². The number of likely N-dealkylation sites (tertiary alicyclic amines) is 2. The first-order valence-corrected chi connectivity index (χ1v) is 9.62. The third kappa shape index (κ3) is 3.06. The average molecular weight is 355 g/mol. The normalized spacial score (nSPS) is 23.4. The number of nitrogens with zero attached hydrogens (tertiary/aromatic N) is 3. The second-order valence-corrected chi connectivity index (χ2v) is 7.73. The van der Waals surface area contributed by atoms with Crippen molar-refractivity contribution < 1.29 is 9.59 Å². The average Bonchev–Trinajstić information content (AvgIpc) is 3.28. The zero-order valence-electron chi connectivity index (χ0n) is 14.1. The number of amides is 2. The number of piperidine rings is 1. The third-order valence-electron chi connectivity index (χ3n) is 5.36. The van der Waals surface area contributed by atoms with Gasteiger partial charge in [-0.3, -0.25) is 14.6 Å². The maximum atomic E-state index is 13.1. The zero-order valence-corrected chi connectivity index (χ0v) is 14.9. The number of pyridine rings is 1. The molecule has 6 heteroatoms. The van der Waals surface area contributed by atoms with Gasteiger partial charge < -0.3 is 9.80 Å². The largest absolute Gasteiger partial charge is 0.338 e. The summed E-state index contributed by atoms with van der Waals surface area (Å²) in [6.07, 6.45) is 6.13. The predicted octanol–water partition coefficient (Wildman–Crippen LogP) is 2.80. The van der Waals surface area contributed by atoms with Crippen LogP contribution in [-0.4, -0.2) is 46.2 Å². The number of hydrogen-bond donors (Lipinski definition) is 0. The molecule has 1 atom stereocenters. The highest BCUT2D eigenvalue weighted by Gasteiger charge is 2.49. The molecule has 25 heavy (non-hydrogen) atoms. The minimum absolute atomic E-state index is 0.0562. The third-order valence-corrected chi connectivity index (χ3v) is 6.04. The fraction of sp³-hybridized carbons (Fsp3) is 0.421. The zero-order chi connectivity index (χ0) is 17.3. The number of aromatic nitrogens is 1. The molecule has 0 saturated carbocycles. The molecule has 5 nitrogen and oxygen atoms in total. The van der Waals surface area contributed by atoms with Crippen molar-refractivity contribution in [2.75, 3.05) is 19.6 Å². The lowest BCUT2D eigenvalue weighted by Crippen LogP contribution is -2.49. The van der Waals surface area contributed by atoms with Gasteiger partial charge in [-0.2, -0.15) is 11.3 Å². The summed E-state index contributed by atoms with van der Waals surface area (Å²) in [6, 6.07) is 5.76. The lowest BCUT2D eigenvalue weighted by Gasteiger charge is -2.39. The highest BCUT2D eigenvalue weighted by atomic mass is 32.1. The summed E-state index contributed by atoms with van der Waals surface area (Å²) in [5, 5.41) is 3.81. The van der Waals surface area contributed by atoms with Gasteiger partial charge in [-0.15, -0.1) is 0 Å².